The van der Waals surface area contributed by atoms with Crippen LogP contribution < -0.4 is 5.32 Å². The van der Waals surface area contributed by atoms with Crippen LogP contribution in [0.2, 0.25) is 5.02 Å². The van der Waals surface area contributed by atoms with Crippen molar-refractivity contribution < 1.29 is 13.8 Å². The number of benzene rings is 2. The lowest BCUT2D eigenvalue weighted by atomic mass is 10.1. The lowest BCUT2D eigenvalue weighted by molar-refractivity contribution is -0.120. The summed E-state index contributed by atoms with van der Waals surface area (Å²) in [6.45, 7) is 0.121. The van der Waals surface area contributed by atoms with Crippen LogP contribution in [0.4, 0.5) is 0 Å². The fourth-order valence-electron chi connectivity index (χ4n) is 2.61. The lowest BCUT2D eigenvalue weighted by Gasteiger charge is -1.99. The largest absolute Gasteiger partial charge is 0.356 e. The number of rotatable bonds is 6. The Labute approximate surface area is 165 Å². The van der Waals surface area contributed by atoms with Gasteiger partial charge in [-0.3, -0.25) is 4.79 Å². The minimum atomic E-state index is -0.226. The average Bonchev–Trinajstić information content (AvgIpc) is 3.37. The van der Waals surface area contributed by atoms with Crippen LogP contribution in [0.25, 0.3) is 22.7 Å². The topological polar surface area (TPSA) is 94.1 Å². The molecule has 8 heteroatoms. The second kappa shape index (κ2) is 8.06. The highest BCUT2D eigenvalue weighted by atomic mass is 35.5. The van der Waals surface area contributed by atoms with E-state index in [0.29, 0.717) is 28.2 Å². The maximum Gasteiger partial charge on any atom is 0.246 e. The van der Waals surface area contributed by atoms with Gasteiger partial charge in [0.25, 0.3) is 0 Å². The molecule has 0 aliphatic carbocycles. The number of aromatic nitrogens is 3. The molecule has 1 N–H and O–H groups in total. The van der Waals surface area contributed by atoms with Crippen molar-refractivity contribution in [1.82, 2.24) is 20.6 Å². The standard InChI is InChI=1S/C20H15ClN4O3/c21-15-8-4-7-14(9-15)20-23-19(28-25-20)12-22-18(26)11-16-10-17(27-24-16)13-5-2-1-3-6-13/h1-10H,11-12H2,(H,22,26). The number of hydrogen-bond acceptors (Lipinski definition) is 6. The number of carbonyl (C=O) groups excluding carboxylic acids is 1. The molecule has 7 nitrogen and oxygen atoms in total. The van der Waals surface area contributed by atoms with Crippen molar-refractivity contribution in [3.8, 4) is 22.7 Å². The monoisotopic (exact) mass is 394 g/mol. The maximum atomic E-state index is 12.2. The Balaban J connectivity index is 1.33. The van der Waals surface area contributed by atoms with E-state index < -0.39 is 0 Å². The molecule has 0 saturated carbocycles. The molecule has 4 rings (SSSR count). The predicted octanol–water partition coefficient (Wildman–Crippen LogP) is 3.90. The summed E-state index contributed by atoms with van der Waals surface area (Å²) in [4.78, 5) is 16.4. The number of nitrogens with zero attached hydrogens (tertiary/aromatic N) is 3. The molecule has 0 aliphatic heterocycles. The highest BCUT2D eigenvalue weighted by Crippen LogP contribution is 2.21. The van der Waals surface area contributed by atoms with Crippen LogP contribution in [0.15, 0.2) is 69.7 Å². The summed E-state index contributed by atoms with van der Waals surface area (Å²) >= 11 is 5.97. The van der Waals surface area contributed by atoms with Gasteiger partial charge in [0.05, 0.1) is 18.7 Å². The first-order valence-electron chi connectivity index (χ1n) is 8.53. The third kappa shape index (κ3) is 4.27. The first kappa shape index (κ1) is 17.9. The molecule has 0 saturated heterocycles. The van der Waals surface area contributed by atoms with Crippen LogP contribution in [0, 0.1) is 0 Å². The molecular formula is C20H15ClN4O3. The summed E-state index contributed by atoms with van der Waals surface area (Å²) in [5, 5.41) is 11.2. The zero-order chi connectivity index (χ0) is 19.3. The molecule has 2 aromatic heterocycles. The molecule has 0 fully saturated rings. The van der Waals surface area contributed by atoms with Gasteiger partial charge in [-0.05, 0) is 12.1 Å². The van der Waals surface area contributed by atoms with Crippen LogP contribution >= 0.6 is 11.6 Å². The summed E-state index contributed by atoms with van der Waals surface area (Å²) in [6, 6.07) is 18.4. The van der Waals surface area contributed by atoms with Crippen molar-refractivity contribution in [3.05, 3.63) is 77.3 Å². The highest BCUT2D eigenvalue weighted by Gasteiger charge is 2.13. The Morgan fingerprint density at radius 3 is 2.61 bits per heavy atom. The van der Waals surface area contributed by atoms with E-state index in [1.165, 1.54) is 0 Å². The summed E-state index contributed by atoms with van der Waals surface area (Å²) in [7, 11) is 0. The van der Waals surface area contributed by atoms with Crippen LogP contribution in [-0.2, 0) is 17.8 Å². The molecule has 0 spiro atoms. The smallest absolute Gasteiger partial charge is 0.246 e. The van der Waals surface area contributed by atoms with Gasteiger partial charge in [-0.2, -0.15) is 4.98 Å². The molecule has 140 valence electrons. The Morgan fingerprint density at radius 2 is 1.79 bits per heavy atom. The molecule has 2 aromatic carbocycles. The minimum Gasteiger partial charge on any atom is -0.356 e. The van der Waals surface area contributed by atoms with Gasteiger partial charge in [0.1, 0.15) is 0 Å². The summed E-state index contributed by atoms with van der Waals surface area (Å²) < 4.78 is 10.5. The van der Waals surface area contributed by atoms with Gasteiger partial charge >= 0.3 is 0 Å². The van der Waals surface area contributed by atoms with Crippen LogP contribution in [0.3, 0.4) is 0 Å². The lowest BCUT2D eigenvalue weighted by Crippen LogP contribution is -2.24. The van der Waals surface area contributed by atoms with Gasteiger partial charge in [0, 0.05) is 22.2 Å². The van der Waals surface area contributed by atoms with E-state index >= 15 is 0 Å². The molecular weight excluding hydrogens is 380 g/mol. The van der Waals surface area contributed by atoms with Gasteiger partial charge in [0.15, 0.2) is 5.76 Å². The second-order valence-corrected chi connectivity index (χ2v) is 6.46. The molecule has 0 unspecified atom stereocenters. The van der Waals surface area contributed by atoms with Gasteiger partial charge < -0.3 is 14.4 Å². The van der Waals surface area contributed by atoms with Crippen molar-refractivity contribution in [2.24, 2.45) is 0 Å². The van der Waals surface area contributed by atoms with Crippen LogP contribution in [0.5, 0.6) is 0 Å². The van der Waals surface area contributed by atoms with Crippen LogP contribution in [-0.4, -0.2) is 21.2 Å². The molecule has 2 heterocycles. The normalized spacial score (nSPS) is 10.8. The van der Waals surface area contributed by atoms with E-state index in [4.69, 9.17) is 20.6 Å². The molecule has 0 aliphatic rings. The van der Waals surface area contributed by atoms with Crippen molar-refractivity contribution in [3.63, 3.8) is 0 Å². The zero-order valence-electron chi connectivity index (χ0n) is 14.6. The Morgan fingerprint density at radius 1 is 0.964 bits per heavy atom. The molecule has 28 heavy (non-hydrogen) atoms. The van der Waals surface area contributed by atoms with Crippen LogP contribution in [0.1, 0.15) is 11.6 Å². The average molecular weight is 395 g/mol. The highest BCUT2D eigenvalue weighted by molar-refractivity contribution is 6.30. The minimum absolute atomic E-state index is 0.0889. The molecule has 4 aromatic rings. The summed E-state index contributed by atoms with van der Waals surface area (Å²) in [5.41, 5.74) is 2.19. The zero-order valence-corrected chi connectivity index (χ0v) is 15.4. The third-order valence-electron chi connectivity index (χ3n) is 3.95. The Kier molecular flexibility index (Phi) is 5.16. The van der Waals surface area contributed by atoms with Gasteiger partial charge in [0.2, 0.25) is 17.6 Å². The van der Waals surface area contributed by atoms with Crippen molar-refractivity contribution in [1.29, 1.82) is 0 Å². The molecule has 0 bridgehead atoms. The molecule has 0 atom stereocenters. The number of nitrogens with one attached hydrogen (secondary N) is 1. The quantitative estimate of drug-likeness (QED) is 0.533. The van der Waals surface area contributed by atoms with Gasteiger partial charge in [-0.25, -0.2) is 0 Å². The van der Waals surface area contributed by atoms with E-state index in [1.807, 2.05) is 36.4 Å². The number of hydrogen-bond donors (Lipinski definition) is 1. The van der Waals surface area contributed by atoms with E-state index in [2.05, 4.69) is 20.6 Å². The fraction of sp³-hybridized carbons (Fsp3) is 0.100. The third-order valence-corrected chi connectivity index (χ3v) is 4.18. The van der Waals surface area contributed by atoms with Crippen molar-refractivity contribution >= 4 is 17.5 Å². The van der Waals surface area contributed by atoms with E-state index in [1.54, 1.807) is 24.3 Å². The number of amides is 1. The van der Waals surface area contributed by atoms with Crippen molar-refractivity contribution in [2.75, 3.05) is 0 Å². The Hall–Kier alpha value is -3.45. The first-order chi connectivity index (χ1) is 13.7. The first-order valence-corrected chi connectivity index (χ1v) is 8.91. The molecule has 0 radical (unpaired) electrons. The summed E-state index contributed by atoms with van der Waals surface area (Å²) in [6.07, 6.45) is 0.0889. The Bertz CT molecular complexity index is 1090. The molecule has 1 amide bonds. The maximum absolute atomic E-state index is 12.2. The van der Waals surface area contributed by atoms with Gasteiger partial charge in [-0.15, -0.1) is 0 Å². The SMILES string of the molecule is O=C(Cc1cc(-c2ccccc2)on1)NCc1nc(-c2cccc(Cl)c2)no1. The van der Waals surface area contributed by atoms with E-state index in [0.717, 1.165) is 11.1 Å². The van der Waals surface area contributed by atoms with E-state index in [-0.39, 0.29) is 18.9 Å². The summed E-state index contributed by atoms with van der Waals surface area (Å²) in [5.74, 6) is 1.10. The van der Waals surface area contributed by atoms with Gasteiger partial charge in [-0.1, -0.05) is 64.4 Å². The number of halogens is 1. The van der Waals surface area contributed by atoms with E-state index in [9.17, 15) is 4.79 Å². The predicted molar refractivity (Wildman–Crippen MR) is 102 cm³/mol. The van der Waals surface area contributed by atoms with Crippen molar-refractivity contribution in [2.45, 2.75) is 13.0 Å². The second-order valence-electron chi connectivity index (χ2n) is 6.02. The fourth-order valence-corrected chi connectivity index (χ4v) is 2.80. The number of carbonyl (C=O) groups is 1.